The van der Waals surface area contributed by atoms with E-state index in [1.807, 2.05) is 6.07 Å². The number of nitrogens with zero attached hydrogens (tertiary/aromatic N) is 11. The molecule has 0 spiro atoms. The Morgan fingerprint density at radius 1 is 0.817 bits per heavy atom. The smallest absolute Gasteiger partial charge is 0.335 e. The van der Waals surface area contributed by atoms with Crippen molar-refractivity contribution < 1.29 is 93.0 Å². The standard InChI is InChI=1S/C44H37N11O17S5.CH4O3S/c1-22-26(21-45)41-46-27-7-3-4-8-32(27)55(41)42(57)38(22)51-50-31-18-25-24(17-37(31)77(65,66)67)16-36(75-72-70-61)39(40(25)56)52-48-29-20-34(68-2)30(49-53-44-47-28-10-9-23(43(58)59)15-35(28)74-44)19-33(29)54(11-5-13-73-71-69-60)12-6-14-76(62,63)64;1-5(2,3)4/h3-4,7-10,15-20,56-57,60-61H,5-6,11-14H2,1-2H3,(H,58,59)(H,62,63,64)(H,65,66,67);1H3,(H,2,3,4). The van der Waals surface area contributed by atoms with Gasteiger partial charge >= 0.3 is 5.97 Å². The van der Waals surface area contributed by atoms with Gasteiger partial charge in [0, 0.05) is 47.9 Å². The van der Waals surface area contributed by atoms with Gasteiger partial charge in [-0.25, -0.2) is 25.3 Å². The molecule has 0 atom stereocenters. The van der Waals surface area contributed by atoms with Crippen LogP contribution in [0, 0.1) is 18.3 Å². The van der Waals surface area contributed by atoms with Crippen LogP contribution >= 0.6 is 35.4 Å². The number of nitriles is 1. The molecule has 0 radical (unpaired) electrons. The second-order valence-corrected chi connectivity index (χ2v) is 23.6. The lowest BCUT2D eigenvalue weighted by molar-refractivity contribution is -0.432. The van der Waals surface area contributed by atoms with Gasteiger partial charge in [-0.05, 0) is 79.7 Å². The molecule has 31 nitrogen and oxygen atoms in total. The van der Waals surface area contributed by atoms with Crippen molar-refractivity contribution >= 4 is 149 Å². The number of anilines is 1. The van der Waals surface area contributed by atoms with E-state index in [-0.39, 0.29) is 115 Å². The number of carboxylic acid groups (broad SMARTS) is 1. The van der Waals surface area contributed by atoms with Crippen LogP contribution in [0.5, 0.6) is 17.4 Å². The lowest BCUT2D eigenvalue weighted by Crippen LogP contribution is -2.27. The molecule has 8 aromatic rings. The fourth-order valence-electron chi connectivity index (χ4n) is 7.76. The molecule has 5 aromatic carbocycles. The van der Waals surface area contributed by atoms with Crippen LogP contribution in [0.25, 0.3) is 37.7 Å². The molecule has 3 aromatic heterocycles. The first-order chi connectivity index (χ1) is 38.8. The van der Waals surface area contributed by atoms with Gasteiger partial charge < -0.3 is 25.0 Å². The molecule has 0 saturated carbocycles. The molecule has 82 heavy (non-hydrogen) atoms. The Kier molecular flexibility index (Phi) is 20.0. The number of imidazole rings is 1. The summed E-state index contributed by atoms with van der Waals surface area (Å²) in [5.74, 6) is -2.78. The highest BCUT2D eigenvalue weighted by Crippen LogP contribution is 2.49. The molecule has 3 heterocycles. The molecule has 0 aliphatic carbocycles. The number of aromatic nitrogens is 3. The number of fused-ring (bicyclic) bond motifs is 5. The minimum atomic E-state index is -5.13. The normalized spacial score (nSPS) is 12.3. The number of benzene rings is 5. The third-order valence-electron chi connectivity index (χ3n) is 11.2. The predicted octanol–water partition coefficient (Wildman–Crippen LogP) is 10.5. The molecule has 0 aliphatic heterocycles. The Morgan fingerprint density at radius 2 is 1.50 bits per heavy atom. The van der Waals surface area contributed by atoms with Crippen LogP contribution in [-0.4, -0.2) is 123 Å². The lowest BCUT2D eigenvalue weighted by atomic mass is 10.1. The molecule has 0 bridgehead atoms. The lowest BCUT2D eigenvalue weighted by Gasteiger charge is -2.26. The number of ether oxygens (including phenoxy) is 1. The van der Waals surface area contributed by atoms with E-state index in [0.29, 0.717) is 27.5 Å². The van der Waals surface area contributed by atoms with E-state index in [1.165, 1.54) is 54.8 Å². The minimum Gasteiger partial charge on any atom is -0.505 e. The highest BCUT2D eigenvalue weighted by molar-refractivity contribution is 7.94. The zero-order valence-corrected chi connectivity index (χ0v) is 46.9. The molecule has 0 aliphatic rings. The molecule has 0 amide bonds. The van der Waals surface area contributed by atoms with Gasteiger partial charge in [0.25, 0.3) is 30.4 Å². The number of pyridine rings is 1. The molecule has 8 N–H and O–H groups in total. The molecule has 432 valence electrons. The summed E-state index contributed by atoms with van der Waals surface area (Å²) in [5.41, 5.74) is 0.543. The Balaban J connectivity index is 0.00000185. The number of aromatic carboxylic acids is 1. The number of rotatable bonds is 23. The molecule has 0 unspecified atom stereocenters. The monoisotopic (exact) mass is 1250 g/mol. The quantitative estimate of drug-likeness (QED) is 0.00736. The summed E-state index contributed by atoms with van der Waals surface area (Å²) >= 11 is 2.08. The van der Waals surface area contributed by atoms with E-state index >= 15 is 0 Å². The topological polar surface area (TPSA) is 459 Å². The number of thiazole rings is 1. The molecule has 37 heteroatoms. The van der Waals surface area contributed by atoms with Crippen molar-refractivity contribution in [1.29, 1.82) is 5.26 Å². The number of azo groups is 3. The maximum atomic E-state index is 12.9. The van der Waals surface area contributed by atoms with Gasteiger partial charge in [-0.1, -0.05) is 33.5 Å². The van der Waals surface area contributed by atoms with Gasteiger partial charge in [0.05, 0.1) is 68.6 Å². The predicted molar refractivity (Wildman–Crippen MR) is 295 cm³/mol. The van der Waals surface area contributed by atoms with Crippen molar-refractivity contribution in [3.05, 3.63) is 89.5 Å². The van der Waals surface area contributed by atoms with Gasteiger partial charge in [-0.15, -0.1) is 39.4 Å². The van der Waals surface area contributed by atoms with Gasteiger partial charge in [0.2, 0.25) is 11.0 Å². The van der Waals surface area contributed by atoms with E-state index in [0.717, 1.165) is 35.5 Å². The van der Waals surface area contributed by atoms with E-state index < -0.39 is 70.0 Å². The van der Waals surface area contributed by atoms with Gasteiger partial charge in [-0.3, -0.25) is 18.1 Å². The summed E-state index contributed by atoms with van der Waals surface area (Å²) in [6, 6.07) is 19.1. The Morgan fingerprint density at radius 3 is 2.17 bits per heavy atom. The fourth-order valence-corrected chi connectivity index (χ4v) is 10.6. The second-order valence-electron chi connectivity index (χ2n) is 16.6. The van der Waals surface area contributed by atoms with Crippen LogP contribution in [0.2, 0.25) is 0 Å². The second kappa shape index (κ2) is 26.5. The number of hydrogen-bond donors (Lipinski definition) is 8. The summed E-state index contributed by atoms with van der Waals surface area (Å²) in [7, 11) is -11.9. The van der Waals surface area contributed by atoms with Gasteiger partial charge in [-0.2, -0.15) is 30.5 Å². The van der Waals surface area contributed by atoms with Crippen molar-refractivity contribution in [1.82, 2.24) is 14.4 Å². The number of carboxylic acids is 1. The van der Waals surface area contributed by atoms with Crippen molar-refractivity contribution in [2.45, 2.75) is 29.6 Å². The first-order valence-corrected chi connectivity index (χ1v) is 30.0. The van der Waals surface area contributed by atoms with Crippen LogP contribution in [0.4, 0.5) is 39.3 Å². The Hall–Kier alpha value is -7.65. The molecule has 8 rings (SSSR count). The Bertz CT molecular complexity index is 4240. The third kappa shape index (κ3) is 15.3. The van der Waals surface area contributed by atoms with E-state index in [9.17, 15) is 59.7 Å². The van der Waals surface area contributed by atoms with Crippen molar-refractivity contribution in [2.75, 3.05) is 42.9 Å². The first kappa shape index (κ1) is 62.0. The van der Waals surface area contributed by atoms with Crippen LogP contribution < -0.4 is 9.64 Å². The zero-order valence-electron chi connectivity index (χ0n) is 42.0. The third-order valence-corrected chi connectivity index (χ3v) is 15.0. The number of hydrogen-bond acceptors (Lipinski definition) is 29. The summed E-state index contributed by atoms with van der Waals surface area (Å²) in [5, 5.41) is 94.0. The largest absolute Gasteiger partial charge is 0.505 e. The van der Waals surface area contributed by atoms with Crippen LogP contribution in [0.3, 0.4) is 0 Å². The van der Waals surface area contributed by atoms with Gasteiger partial charge in [0.15, 0.2) is 17.1 Å². The number of aromatic hydroxyl groups is 2. The van der Waals surface area contributed by atoms with Crippen molar-refractivity contribution in [3.63, 3.8) is 0 Å². The fraction of sp³-hybridized carbons (Fsp3) is 0.200. The van der Waals surface area contributed by atoms with Crippen LogP contribution in [0.1, 0.15) is 34.3 Å². The molecule has 0 saturated heterocycles. The average Bonchev–Trinajstić information content (AvgIpc) is 3.85. The van der Waals surface area contributed by atoms with Crippen molar-refractivity contribution in [3.8, 4) is 23.4 Å². The maximum Gasteiger partial charge on any atom is 0.335 e. The highest BCUT2D eigenvalue weighted by atomic mass is 32.2. The zero-order chi connectivity index (χ0) is 59.7. The average molecular weight is 1250 g/mol. The molecule has 0 fully saturated rings. The van der Waals surface area contributed by atoms with Crippen molar-refractivity contribution in [2.24, 2.45) is 30.7 Å². The van der Waals surface area contributed by atoms with E-state index in [1.54, 1.807) is 29.2 Å². The first-order valence-electron chi connectivity index (χ1n) is 22.7. The highest BCUT2D eigenvalue weighted by Gasteiger charge is 2.25. The summed E-state index contributed by atoms with van der Waals surface area (Å²) in [6.45, 7) is 1.51. The summed E-state index contributed by atoms with van der Waals surface area (Å²) in [6.07, 6.45) is 0.871. The minimum absolute atomic E-state index is 0.0134. The summed E-state index contributed by atoms with van der Waals surface area (Å²) < 4.78 is 112. The molecular formula is C45H41N11O20S6. The Labute approximate surface area is 474 Å². The number of carbonyl (C=O) groups is 1. The number of phenols is 1. The molecular weight excluding hydrogens is 1210 g/mol. The summed E-state index contributed by atoms with van der Waals surface area (Å²) in [4.78, 5) is 21.1. The number of para-hydroxylation sites is 2. The SMILES string of the molecule is COc1cc(N=Nc2c(SOOO)cc3cc(S(=O)(=O)O)c(N=Nc4c(C)c(C#N)c5nc6ccccc6n5c4O)cc3c2O)c(N(CCCSOOO)CCCS(=O)(=O)O)cc1N=Nc1nc2ccc(C(=O)O)cc2s1.CS(=O)(=O)O. The van der Waals surface area contributed by atoms with Gasteiger partial charge in [0.1, 0.15) is 45.0 Å². The van der Waals surface area contributed by atoms with Crippen LogP contribution in [0.15, 0.2) is 113 Å². The van der Waals surface area contributed by atoms with E-state index in [2.05, 4.69) is 55.1 Å². The number of phenolic OH excluding ortho intramolecular Hbond substituents is 1. The van der Waals surface area contributed by atoms with Crippen LogP contribution in [-0.2, 0) is 49.1 Å². The maximum absolute atomic E-state index is 12.9. The van der Waals surface area contributed by atoms with E-state index in [4.69, 9.17) is 24.1 Å². The number of methoxy groups -OCH3 is 1.